The molecule has 4 heteroatoms. The van der Waals surface area contributed by atoms with E-state index in [0.717, 1.165) is 19.6 Å². The second-order valence-electron chi connectivity index (χ2n) is 5.96. The van der Waals surface area contributed by atoms with E-state index >= 15 is 0 Å². The fraction of sp³-hybridized carbons (Fsp3) is 0.333. The molecular weight excluding hydrogens is 290 g/mol. The van der Waals surface area contributed by atoms with Crippen molar-refractivity contribution >= 4 is 21.6 Å². The van der Waals surface area contributed by atoms with Gasteiger partial charge in [-0.2, -0.15) is 4.37 Å². The van der Waals surface area contributed by atoms with Gasteiger partial charge < -0.3 is 0 Å². The highest BCUT2D eigenvalue weighted by atomic mass is 32.1. The average Bonchev–Trinajstić information content (AvgIpc) is 3.00. The molecule has 1 aromatic carbocycles. The quantitative estimate of drug-likeness (QED) is 0.730. The van der Waals surface area contributed by atoms with Crippen LogP contribution in [-0.2, 0) is 6.54 Å². The molecule has 0 bridgehead atoms. The van der Waals surface area contributed by atoms with E-state index in [9.17, 15) is 0 Å². The SMILES string of the molecule is c1ccc2c(CN3CCC(c4ccncc4)CC3)nsc2c1. The zero-order chi connectivity index (χ0) is 14.8. The third-order valence-corrected chi connectivity index (χ3v) is 5.45. The van der Waals surface area contributed by atoms with Crippen molar-refractivity contribution in [3.8, 4) is 0 Å². The summed E-state index contributed by atoms with van der Waals surface area (Å²) in [6, 6.07) is 12.9. The van der Waals surface area contributed by atoms with Gasteiger partial charge in [-0.1, -0.05) is 18.2 Å². The van der Waals surface area contributed by atoms with Gasteiger partial charge in [0, 0.05) is 24.3 Å². The van der Waals surface area contributed by atoms with Crippen LogP contribution < -0.4 is 0 Å². The summed E-state index contributed by atoms with van der Waals surface area (Å²) in [5, 5.41) is 1.32. The summed E-state index contributed by atoms with van der Waals surface area (Å²) in [5.41, 5.74) is 2.68. The first-order valence-corrected chi connectivity index (χ1v) is 8.63. The fourth-order valence-corrected chi connectivity index (χ4v) is 4.11. The fourth-order valence-electron chi connectivity index (χ4n) is 3.32. The molecule has 0 aliphatic carbocycles. The molecule has 2 aromatic heterocycles. The summed E-state index contributed by atoms with van der Waals surface area (Å²) in [6.45, 7) is 3.28. The van der Waals surface area contributed by atoms with Crippen LogP contribution >= 0.6 is 11.5 Å². The predicted octanol–water partition coefficient (Wildman–Crippen LogP) is 4.07. The van der Waals surface area contributed by atoms with Crippen molar-refractivity contribution in [2.24, 2.45) is 0 Å². The standard InChI is InChI=1S/C18H19N3S/c1-2-4-18-16(3-1)17(20-22-18)13-21-11-7-15(8-12-21)14-5-9-19-10-6-14/h1-6,9-10,15H,7-8,11-13H2. The maximum Gasteiger partial charge on any atom is 0.0760 e. The monoisotopic (exact) mass is 309 g/mol. The number of likely N-dealkylation sites (tertiary alicyclic amines) is 1. The molecule has 22 heavy (non-hydrogen) atoms. The van der Waals surface area contributed by atoms with Gasteiger partial charge in [-0.05, 0) is 67.1 Å². The summed E-state index contributed by atoms with van der Waals surface area (Å²) < 4.78 is 5.95. The second kappa shape index (κ2) is 6.15. The molecule has 4 rings (SSSR count). The van der Waals surface area contributed by atoms with Crippen molar-refractivity contribution < 1.29 is 0 Å². The first kappa shape index (κ1) is 13.9. The van der Waals surface area contributed by atoms with Crippen molar-refractivity contribution in [2.45, 2.75) is 25.3 Å². The molecule has 1 aliphatic heterocycles. The van der Waals surface area contributed by atoms with E-state index in [1.165, 1.54) is 34.2 Å². The summed E-state index contributed by atoms with van der Waals surface area (Å²) in [5.74, 6) is 0.687. The van der Waals surface area contributed by atoms with E-state index in [2.05, 4.69) is 50.7 Å². The number of hydrogen-bond acceptors (Lipinski definition) is 4. The summed E-state index contributed by atoms with van der Waals surface area (Å²) in [7, 11) is 0. The van der Waals surface area contributed by atoms with Crippen LogP contribution in [0.3, 0.4) is 0 Å². The maximum absolute atomic E-state index is 4.66. The van der Waals surface area contributed by atoms with Crippen LogP contribution in [0, 0.1) is 0 Å². The van der Waals surface area contributed by atoms with Crippen LogP contribution in [0.5, 0.6) is 0 Å². The van der Waals surface area contributed by atoms with E-state index in [1.54, 1.807) is 11.5 Å². The Kier molecular flexibility index (Phi) is 3.87. The average molecular weight is 309 g/mol. The molecule has 1 fully saturated rings. The zero-order valence-electron chi connectivity index (χ0n) is 12.5. The number of aromatic nitrogens is 2. The van der Waals surface area contributed by atoms with E-state index < -0.39 is 0 Å². The largest absolute Gasteiger partial charge is 0.297 e. The summed E-state index contributed by atoms with van der Waals surface area (Å²) in [4.78, 5) is 6.66. The minimum Gasteiger partial charge on any atom is -0.297 e. The lowest BCUT2D eigenvalue weighted by molar-refractivity contribution is 0.203. The van der Waals surface area contributed by atoms with Crippen molar-refractivity contribution in [3.63, 3.8) is 0 Å². The molecular formula is C18H19N3S. The molecule has 1 saturated heterocycles. The van der Waals surface area contributed by atoms with Crippen molar-refractivity contribution in [2.75, 3.05) is 13.1 Å². The first-order chi connectivity index (χ1) is 10.9. The van der Waals surface area contributed by atoms with E-state index in [4.69, 9.17) is 0 Å². The lowest BCUT2D eigenvalue weighted by Crippen LogP contribution is -2.32. The Morgan fingerprint density at radius 1 is 1.05 bits per heavy atom. The Labute approximate surface area is 134 Å². The van der Waals surface area contributed by atoms with Crippen LogP contribution in [0.2, 0.25) is 0 Å². The van der Waals surface area contributed by atoms with Gasteiger partial charge in [0.15, 0.2) is 0 Å². The molecule has 0 amide bonds. The molecule has 0 N–H and O–H groups in total. The Morgan fingerprint density at radius 2 is 1.82 bits per heavy atom. The second-order valence-corrected chi connectivity index (χ2v) is 6.76. The van der Waals surface area contributed by atoms with Gasteiger partial charge in [0.05, 0.1) is 10.4 Å². The number of benzene rings is 1. The molecule has 1 aliphatic rings. The van der Waals surface area contributed by atoms with Crippen LogP contribution in [0.4, 0.5) is 0 Å². The minimum absolute atomic E-state index is 0.687. The van der Waals surface area contributed by atoms with Crippen molar-refractivity contribution in [3.05, 3.63) is 60.0 Å². The predicted molar refractivity (Wildman–Crippen MR) is 91.1 cm³/mol. The number of fused-ring (bicyclic) bond motifs is 1. The molecule has 0 saturated carbocycles. The Hall–Kier alpha value is -1.78. The van der Waals surface area contributed by atoms with Gasteiger partial charge >= 0.3 is 0 Å². The lowest BCUT2D eigenvalue weighted by Gasteiger charge is -2.31. The van der Waals surface area contributed by atoms with E-state index in [1.807, 2.05) is 12.4 Å². The highest BCUT2D eigenvalue weighted by molar-refractivity contribution is 7.13. The summed E-state index contributed by atoms with van der Waals surface area (Å²) in [6.07, 6.45) is 6.27. The van der Waals surface area contributed by atoms with Gasteiger partial charge in [-0.3, -0.25) is 9.88 Å². The Bertz CT molecular complexity index is 745. The highest BCUT2D eigenvalue weighted by Crippen LogP contribution is 2.29. The van der Waals surface area contributed by atoms with Crippen LogP contribution in [0.25, 0.3) is 10.1 Å². The van der Waals surface area contributed by atoms with Gasteiger partial charge in [-0.15, -0.1) is 0 Å². The lowest BCUT2D eigenvalue weighted by atomic mass is 9.90. The van der Waals surface area contributed by atoms with Gasteiger partial charge in [-0.25, -0.2) is 0 Å². The molecule has 112 valence electrons. The zero-order valence-corrected chi connectivity index (χ0v) is 13.3. The highest BCUT2D eigenvalue weighted by Gasteiger charge is 2.21. The van der Waals surface area contributed by atoms with Crippen LogP contribution in [-0.4, -0.2) is 27.3 Å². The normalized spacial score (nSPS) is 17.1. The molecule has 0 spiro atoms. The number of piperidine rings is 1. The third kappa shape index (κ3) is 2.76. The van der Waals surface area contributed by atoms with E-state index in [-0.39, 0.29) is 0 Å². The molecule has 0 unspecified atom stereocenters. The van der Waals surface area contributed by atoms with Crippen LogP contribution in [0.1, 0.15) is 30.0 Å². The first-order valence-electron chi connectivity index (χ1n) is 7.86. The Balaban J connectivity index is 1.42. The number of hydrogen-bond donors (Lipinski definition) is 0. The molecule has 0 radical (unpaired) electrons. The van der Waals surface area contributed by atoms with Crippen molar-refractivity contribution in [1.82, 2.24) is 14.3 Å². The van der Waals surface area contributed by atoms with Gasteiger partial charge in [0.1, 0.15) is 0 Å². The topological polar surface area (TPSA) is 29.0 Å². The Morgan fingerprint density at radius 3 is 2.64 bits per heavy atom. The smallest absolute Gasteiger partial charge is 0.0760 e. The summed E-state index contributed by atoms with van der Waals surface area (Å²) >= 11 is 1.62. The van der Waals surface area contributed by atoms with Crippen LogP contribution in [0.15, 0.2) is 48.8 Å². The number of rotatable bonds is 3. The van der Waals surface area contributed by atoms with Crippen molar-refractivity contribution in [1.29, 1.82) is 0 Å². The maximum atomic E-state index is 4.66. The molecule has 3 heterocycles. The minimum atomic E-state index is 0.687. The third-order valence-electron chi connectivity index (χ3n) is 4.59. The molecule has 3 nitrogen and oxygen atoms in total. The molecule has 3 aromatic rings. The van der Waals surface area contributed by atoms with Gasteiger partial charge in [0.2, 0.25) is 0 Å². The number of nitrogens with zero attached hydrogens (tertiary/aromatic N) is 3. The molecule has 0 atom stereocenters. The number of pyridine rings is 1. The van der Waals surface area contributed by atoms with E-state index in [0.29, 0.717) is 5.92 Å². The van der Waals surface area contributed by atoms with Gasteiger partial charge in [0.25, 0.3) is 0 Å².